The molecule has 0 saturated heterocycles. The molecular weight excluding hydrogens is 487 g/mol. The maximum atomic E-state index is 13.2. The molecule has 0 aliphatic heterocycles. The van der Waals surface area contributed by atoms with Crippen molar-refractivity contribution in [1.29, 1.82) is 0 Å². The zero-order valence-electron chi connectivity index (χ0n) is 18.0. The lowest BCUT2D eigenvalue weighted by atomic mass is 10.1. The molecule has 0 spiro atoms. The van der Waals surface area contributed by atoms with Crippen LogP contribution in [-0.4, -0.2) is 34.6 Å². The summed E-state index contributed by atoms with van der Waals surface area (Å²) in [7, 11) is 0. The van der Waals surface area contributed by atoms with E-state index >= 15 is 0 Å². The minimum atomic E-state index is -0.629. The number of nitrogens with one attached hydrogen (secondary N) is 1. The smallest absolute Gasteiger partial charge is 0.242 e. The number of hydrogen-bond donors (Lipinski definition) is 1. The molecule has 0 radical (unpaired) electrons. The molecule has 0 unspecified atom stereocenters. The number of benzene rings is 2. The number of nitrogens with zero attached hydrogens (tertiary/aromatic N) is 1. The monoisotopic (exact) mass is 512 g/mol. The molecule has 3 rings (SSSR count). The van der Waals surface area contributed by atoms with E-state index in [2.05, 4.69) is 5.32 Å². The largest absolute Gasteiger partial charge is 0.352 e. The summed E-state index contributed by atoms with van der Waals surface area (Å²) >= 11 is 20.2. The average molecular weight is 514 g/mol. The molecule has 2 aromatic rings. The molecule has 0 bridgehead atoms. The van der Waals surface area contributed by atoms with Crippen molar-refractivity contribution in [3.63, 3.8) is 0 Å². The van der Waals surface area contributed by atoms with Gasteiger partial charge in [0.25, 0.3) is 0 Å². The second kappa shape index (κ2) is 12.2. The van der Waals surface area contributed by atoms with Crippen LogP contribution in [0.15, 0.2) is 47.4 Å². The van der Waals surface area contributed by atoms with E-state index in [1.165, 1.54) is 0 Å². The Morgan fingerprint density at radius 2 is 1.69 bits per heavy atom. The maximum absolute atomic E-state index is 13.2. The lowest BCUT2D eigenvalue weighted by molar-refractivity contribution is -0.140. The first kappa shape index (κ1) is 25.2. The van der Waals surface area contributed by atoms with Crippen molar-refractivity contribution in [3.8, 4) is 0 Å². The molecule has 1 atom stereocenters. The standard InChI is InChI=1S/C24H27Cl3N2O2S/c1-16(24(31)28-18-5-2-3-6-18)29(15-20-21(26)7-4-8-22(20)27)23(30)13-14-32-19-11-9-17(25)10-12-19/h4,7-12,16,18H,2-3,5-6,13-15H2,1H3,(H,28,31)/t16-/m0/s1. The van der Waals surface area contributed by atoms with Gasteiger partial charge in [0.2, 0.25) is 11.8 Å². The van der Waals surface area contributed by atoms with Gasteiger partial charge in [-0.3, -0.25) is 9.59 Å². The van der Waals surface area contributed by atoms with Gasteiger partial charge in [-0.1, -0.05) is 53.7 Å². The molecule has 1 saturated carbocycles. The van der Waals surface area contributed by atoms with Crippen LogP contribution in [0, 0.1) is 0 Å². The van der Waals surface area contributed by atoms with E-state index in [4.69, 9.17) is 34.8 Å². The second-order valence-corrected chi connectivity index (χ2v) is 10.4. The summed E-state index contributed by atoms with van der Waals surface area (Å²) in [5.74, 6) is 0.333. The van der Waals surface area contributed by atoms with Crippen molar-refractivity contribution in [2.75, 3.05) is 5.75 Å². The average Bonchev–Trinajstić information content (AvgIpc) is 3.27. The first-order chi connectivity index (χ1) is 15.3. The van der Waals surface area contributed by atoms with Crippen molar-refractivity contribution in [1.82, 2.24) is 10.2 Å². The molecule has 4 nitrogen and oxygen atoms in total. The van der Waals surface area contributed by atoms with E-state index in [9.17, 15) is 9.59 Å². The second-order valence-electron chi connectivity index (χ2n) is 7.94. The Kier molecular flexibility index (Phi) is 9.60. The van der Waals surface area contributed by atoms with Gasteiger partial charge >= 0.3 is 0 Å². The van der Waals surface area contributed by atoms with Gasteiger partial charge in [0, 0.05) is 50.3 Å². The third kappa shape index (κ3) is 7.05. The number of thioether (sulfide) groups is 1. The van der Waals surface area contributed by atoms with Gasteiger partial charge in [0.1, 0.15) is 6.04 Å². The van der Waals surface area contributed by atoms with Gasteiger partial charge < -0.3 is 10.2 Å². The van der Waals surface area contributed by atoms with E-state index in [1.54, 1.807) is 41.8 Å². The van der Waals surface area contributed by atoms with Crippen LogP contribution in [0.1, 0.15) is 44.6 Å². The Bertz CT molecular complexity index is 913. The molecule has 172 valence electrons. The van der Waals surface area contributed by atoms with Gasteiger partial charge in [-0.25, -0.2) is 0 Å². The Morgan fingerprint density at radius 3 is 2.31 bits per heavy atom. The molecule has 2 amide bonds. The molecule has 1 aliphatic rings. The highest BCUT2D eigenvalue weighted by atomic mass is 35.5. The van der Waals surface area contributed by atoms with Crippen LogP contribution >= 0.6 is 46.6 Å². The molecule has 0 aromatic heterocycles. The van der Waals surface area contributed by atoms with Crippen molar-refractivity contribution in [2.24, 2.45) is 0 Å². The molecule has 8 heteroatoms. The van der Waals surface area contributed by atoms with Crippen LogP contribution < -0.4 is 5.32 Å². The molecule has 0 heterocycles. The summed E-state index contributed by atoms with van der Waals surface area (Å²) in [6, 6.07) is 12.3. The van der Waals surface area contributed by atoms with E-state index in [-0.39, 0.29) is 30.8 Å². The zero-order valence-corrected chi connectivity index (χ0v) is 21.0. The summed E-state index contributed by atoms with van der Waals surface area (Å²) in [4.78, 5) is 28.8. The summed E-state index contributed by atoms with van der Waals surface area (Å²) in [5, 5.41) is 4.74. The summed E-state index contributed by atoms with van der Waals surface area (Å²) in [6.45, 7) is 1.95. The van der Waals surface area contributed by atoms with Gasteiger partial charge in [0.05, 0.1) is 0 Å². The molecule has 1 fully saturated rings. The van der Waals surface area contributed by atoms with Crippen LogP contribution in [0.3, 0.4) is 0 Å². The van der Waals surface area contributed by atoms with E-state index < -0.39 is 6.04 Å². The first-order valence-electron chi connectivity index (χ1n) is 10.8. The minimum Gasteiger partial charge on any atom is -0.352 e. The minimum absolute atomic E-state index is 0.114. The molecule has 1 aliphatic carbocycles. The van der Waals surface area contributed by atoms with Crippen LogP contribution in [0.2, 0.25) is 15.1 Å². The van der Waals surface area contributed by atoms with Crippen LogP contribution in [0.4, 0.5) is 0 Å². The Balaban J connectivity index is 1.70. The third-order valence-corrected chi connectivity index (χ3v) is 7.63. The molecule has 1 N–H and O–H groups in total. The lowest BCUT2D eigenvalue weighted by Gasteiger charge is -2.30. The fourth-order valence-electron chi connectivity index (χ4n) is 3.76. The predicted octanol–water partition coefficient (Wildman–Crippen LogP) is 6.61. The number of rotatable bonds is 9. The summed E-state index contributed by atoms with van der Waals surface area (Å²) in [5.41, 5.74) is 0.648. The van der Waals surface area contributed by atoms with Crippen molar-refractivity contribution in [3.05, 3.63) is 63.1 Å². The van der Waals surface area contributed by atoms with Crippen molar-refractivity contribution >= 4 is 58.4 Å². The van der Waals surface area contributed by atoms with Gasteiger partial charge in [-0.05, 0) is 56.2 Å². The number of carbonyl (C=O) groups is 2. The summed E-state index contributed by atoms with van der Waals surface area (Å²) < 4.78 is 0. The molecule has 32 heavy (non-hydrogen) atoms. The first-order valence-corrected chi connectivity index (χ1v) is 12.9. The number of carbonyl (C=O) groups excluding carboxylic acids is 2. The summed E-state index contributed by atoms with van der Waals surface area (Å²) in [6.07, 6.45) is 4.51. The van der Waals surface area contributed by atoms with E-state index in [1.807, 2.05) is 24.3 Å². The highest BCUT2D eigenvalue weighted by Gasteiger charge is 2.29. The Hall–Kier alpha value is -1.40. The maximum Gasteiger partial charge on any atom is 0.242 e. The Labute approximate surface area is 209 Å². The number of halogens is 3. The van der Waals surface area contributed by atoms with E-state index in [0.29, 0.717) is 26.4 Å². The molecular formula is C24H27Cl3N2O2S. The SMILES string of the molecule is C[C@@H](C(=O)NC1CCCC1)N(Cc1c(Cl)cccc1Cl)C(=O)CCSc1ccc(Cl)cc1. The highest BCUT2D eigenvalue weighted by Crippen LogP contribution is 2.28. The lowest BCUT2D eigenvalue weighted by Crippen LogP contribution is -2.49. The predicted molar refractivity (Wildman–Crippen MR) is 134 cm³/mol. The van der Waals surface area contributed by atoms with Crippen molar-refractivity contribution < 1.29 is 9.59 Å². The topological polar surface area (TPSA) is 49.4 Å². The van der Waals surface area contributed by atoms with Crippen LogP contribution in [-0.2, 0) is 16.1 Å². The highest BCUT2D eigenvalue weighted by molar-refractivity contribution is 7.99. The fourth-order valence-corrected chi connectivity index (χ4v) is 5.24. The molecule has 2 aromatic carbocycles. The van der Waals surface area contributed by atoms with Crippen LogP contribution in [0.25, 0.3) is 0 Å². The fraction of sp³-hybridized carbons (Fsp3) is 0.417. The van der Waals surface area contributed by atoms with E-state index in [0.717, 1.165) is 30.6 Å². The normalized spacial score (nSPS) is 14.9. The number of hydrogen-bond acceptors (Lipinski definition) is 3. The van der Waals surface area contributed by atoms with Gasteiger partial charge in [-0.15, -0.1) is 11.8 Å². The third-order valence-electron chi connectivity index (χ3n) is 5.66. The quantitative estimate of drug-likeness (QED) is 0.384. The Morgan fingerprint density at radius 1 is 1.06 bits per heavy atom. The number of amides is 2. The van der Waals surface area contributed by atoms with Gasteiger partial charge in [0.15, 0.2) is 0 Å². The van der Waals surface area contributed by atoms with Crippen molar-refractivity contribution in [2.45, 2.75) is 62.6 Å². The van der Waals surface area contributed by atoms with Gasteiger partial charge in [-0.2, -0.15) is 0 Å². The van der Waals surface area contributed by atoms with Crippen LogP contribution in [0.5, 0.6) is 0 Å². The zero-order chi connectivity index (χ0) is 23.1.